The Morgan fingerprint density at radius 2 is 1.96 bits per heavy atom. The van der Waals surface area contributed by atoms with Crippen molar-refractivity contribution in [3.63, 3.8) is 0 Å². The van der Waals surface area contributed by atoms with Crippen LogP contribution < -0.4 is 15.5 Å². The molecule has 5 heteroatoms. The fraction of sp³-hybridized carbons (Fsp3) is 0.350. The summed E-state index contributed by atoms with van der Waals surface area (Å²) in [6.45, 7) is 5.69. The second kappa shape index (κ2) is 8.12. The van der Waals surface area contributed by atoms with Gasteiger partial charge in [-0.3, -0.25) is 4.79 Å². The van der Waals surface area contributed by atoms with Gasteiger partial charge < -0.3 is 15.5 Å². The molecular formula is C20H24FN3O. The molecule has 0 unspecified atom stereocenters. The third-order valence-corrected chi connectivity index (χ3v) is 4.57. The van der Waals surface area contributed by atoms with Gasteiger partial charge in [0, 0.05) is 32.7 Å². The van der Waals surface area contributed by atoms with E-state index in [4.69, 9.17) is 0 Å². The van der Waals surface area contributed by atoms with E-state index in [1.54, 1.807) is 0 Å². The van der Waals surface area contributed by atoms with E-state index in [9.17, 15) is 9.18 Å². The Balaban J connectivity index is 1.57. The van der Waals surface area contributed by atoms with Crippen molar-refractivity contribution in [2.45, 2.75) is 19.9 Å². The average molecular weight is 341 g/mol. The number of aryl methyl sites for hydroxylation is 1. The first-order valence-corrected chi connectivity index (χ1v) is 8.69. The predicted molar refractivity (Wildman–Crippen MR) is 98.2 cm³/mol. The van der Waals surface area contributed by atoms with E-state index in [2.05, 4.69) is 10.6 Å². The molecule has 1 saturated heterocycles. The lowest BCUT2D eigenvalue weighted by atomic mass is 10.1. The first-order chi connectivity index (χ1) is 12.1. The summed E-state index contributed by atoms with van der Waals surface area (Å²) >= 11 is 0. The molecule has 0 spiro atoms. The number of anilines is 1. The lowest BCUT2D eigenvalue weighted by Crippen LogP contribution is -2.43. The van der Waals surface area contributed by atoms with Crippen LogP contribution in [0.3, 0.4) is 0 Å². The summed E-state index contributed by atoms with van der Waals surface area (Å²) in [5.74, 6) is -0.284. The molecule has 2 N–H and O–H groups in total. The molecule has 0 bridgehead atoms. The maximum absolute atomic E-state index is 14.4. The number of amides is 1. The van der Waals surface area contributed by atoms with Crippen molar-refractivity contribution in [3.05, 3.63) is 65.0 Å². The lowest BCUT2D eigenvalue weighted by molar-refractivity contribution is -0.120. The van der Waals surface area contributed by atoms with Gasteiger partial charge in [0.1, 0.15) is 5.82 Å². The maximum Gasteiger partial charge on any atom is 0.224 e. The SMILES string of the molecule is Cc1ccccc1CC(=O)NCc1ccc(N2CCNCC2)c(F)c1. The summed E-state index contributed by atoms with van der Waals surface area (Å²) in [4.78, 5) is 14.2. The number of rotatable bonds is 5. The summed E-state index contributed by atoms with van der Waals surface area (Å²) < 4.78 is 14.4. The number of nitrogens with zero attached hydrogens (tertiary/aromatic N) is 1. The summed E-state index contributed by atoms with van der Waals surface area (Å²) in [6.07, 6.45) is 0.341. The number of hydrogen-bond acceptors (Lipinski definition) is 3. The minimum absolute atomic E-state index is 0.0547. The normalized spacial score (nSPS) is 14.4. The van der Waals surface area contributed by atoms with Crippen molar-refractivity contribution >= 4 is 11.6 Å². The molecule has 1 heterocycles. The van der Waals surface area contributed by atoms with Crippen LogP contribution in [0.2, 0.25) is 0 Å². The number of piperazine rings is 1. The summed E-state index contributed by atoms with van der Waals surface area (Å²) in [5.41, 5.74) is 3.52. The highest BCUT2D eigenvalue weighted by atomic mass is 19.1. The van der Waals surface area contributed by atoms with Crippen LogP contribution in [0.4, 0.5) is 10.1 Å². The highest BCUT2D eigenvalue weighted by Gasteiger charge is 2.15. The number of benzene rings is 2. The van der Waals surface area contributed by atoms with Crippen LogP contribution in [0.1, 0.15) is 16.7 Å². The van der Waals surface area contributed by atoms with Crippen LogP contribution in [0.5, 0.6) is 0 Å². The van der Waals surface area contributed by atoms with E-state index in [0.29, 0.717) is 18.7 Å². The van der Waals surface area contributed by atoms with Crippen molar-refractivity contribution in [1.82, 2.24) is 10.6 Å². The zero-order valence-corrected chi connectivity index (χ0v) is 14.5. The molecule has 25 heavy (non-hydrogen) atoms. The number of carbonyl (C=O) groups is 1. The molecule has 1 fully saturated rings. The van der Waals surface area contributed by atoms with Crippen LogP contribution >= 0.6 is 0 Å². The molecule has 0 aliphatic carbocycles. The molecule has 0 aromatic heterocycles. The van der Waals surface area contributed by atoms with Gasteiger partial charge in [-0.1, -0.05) is 30.3 Å². The molecule has 0 saturated carbocycles. The lowest BCUT2D eigenvalue weighted by Gasteiger charge is -2.29. The molecule has 0 radical (unpaired) electrons. The molecule has 1 aliphatic heterocycles. The topological polar surface area (TPSA) is 44.4 Å². The monoisotopic (exact) mass is 341 g/mol. The molecule has 1 amide bonds. The largest absolute Gasteiger partial charge is 0.367 e. The Kier molecular flexibility index (Phi) is 5.66. The van der Waals surface area contributed by atoms with E-state index in [1.807, 2.05) is 48.2 Å². The molecule has 1 aliphatic rings. The van der Waals surface area contributed by atoms with Crippen molar-refractivity contribution in [2.75, 3.05) is 31.1 Å². The molecule has 3 rings (SSSR count). The van der Waals surface area contributed by atoms with Gasteiger partial charge in [-0.05, 0) is 35.7 Å². The molecule has 2 aromatic carbocycles. The van der Waals surface area contributed by atoms with Crippen molar-refractivity contribution in [2.24, 2.45) is 0 Å². The van der Waals surface area contributed by atoms with Gasteiger partial charge in [-0.25, -0.2) is 4.39 Å². The molecular weight excluding hydrogens is 317 g/mol. The smallest absolute Gasteiger partial charge is 0.224 e. The van der Waals surface area contributed by atoms with Gasteiger partial charge in [0.2, 0.25) is 5.91 Å². The highest BCUT2D eigenvalue weighted by molar-refractivity contribution is 5.78. The average Bonchev–Trinajstić information content (AvgIpc) is 2.63. The standard InChI is InChI=1S/C20H24FN3O/c1-15-4-2-3-5-17(15)13-20(25)23-14-16-6-7-19(18(21)12-16)24-10-8-22-9-11-24/h2-7,12,22H,8-11,13-14H2,1H3,(H,23,25). The third-order valence-electron chi connectivity index (χ3n) is 4.57. The predicted octanol–water partition coefficient (Wildman–Crippen LogP) is 2.40. The van der Waals surface area contributed by atoms with Gasteiger partial charge in [0.25, 0.3) is 0 Å². The number of halogens is 1. The number of carbonyl (C=O) groups excluding carboxylic acids is 1. The Labute approximate surface area is 148 Å². The van der Waals surface area contributed by atoms with E-state index in [-0.39, 0.29) is 11.7 Å². The minimum Gasteiger partial charge on any atom is -0.367 e. The van der Waals surface area contributed by atoms with Crippen LogP contribution in [-0.2, 0) is 17.8 Å². The van der Waals surface area contributed by atoms with E-state index in [1.165, 1.54) is 6.07 Å². The van der Waals surface area contributed by atoms with Gasteiger partial charge in [-0.15, -0.1) is 0 Å². The maximum atomic E-state index is 14.4. The van der Waals surface area contributed by atoms with E-state index in [0.717, 1.165) is 42.9 Å². The minimum atomic E-state index is -0.229. The van der Waals surface area contributed by atoms with Crippen molar-refractivity contribution < 1.29 is 9.18 Å². The van der Waals surface area contributed by atoms with E-state index < -0.39 is 0 Å². The number of nitrogens with one attached hydrogen (secondary N) is 2. The summed E-state index contributed by atoms with van der Waals surface area (Å²) in [5, 5.41) is 6.13. The quantitative estimate of drug-likeness (QED) is 0.878. The summed E-state index contributed by atoms with van der Waals surface area (Å²) in [7, 11) is 0. The zero-order chi connectivity index (χ0) is 17.6. The van der Waals surface area contributed by atoms with Crippen LogP contribution in [-0.4, -0.2) is 32.1 Å². The van der Waals surface area contributed by atoms with Crippen LogP contribution in [0, 0.1) is 12.7 Å². The fourth-order valence-electron chi connectivity index (χ4n) is 3.07. The first-order valence-electron chi connectivity index (χ1n) is 8.69. The molecule has 4 nitrogen and oxygen atoms in total. The van der Waals surface area contributed by atoms with Crippen molar-refractivity contribution in [3.8, 4) is 0 Å². The van der Waals surface area contributed by atoms with Gasteiger partial charge >= 0.3 is 0 Å². The third kappa shape index (κ3) is 4.57. The summed E-state index contributed by atoms with van der Waals surface area (Å²) in [6, 6.07) is 13.0. The molecule has 0 atom stereocenters. The Morgan fingerprint density at radius 1 is 1.20 bits per heavy atom. The molecule has 132 valence electrons. The second-order valence-corrected chi connectivity index (χ2v) is 6.40. The van der Waals surface area contributed by atoms with Crippen LogP contribution in [0.15, 0.2) is 42.5 Å². The van der Waals surface area contributed by atoms with Crippen LogP contribution in [0.25, 0.3) is 0 Å². The molecule has 2 aromatic rings. The van der Waals surface area contributed by atoms with Gasteiger partial charge in [0.15, 0.2) is 0 Å². The van der Waals surface area contributed by atoms with Crippen molar-refractivity contribution in [1.29, 1.82) is 0 Å². The van der Waals surface area contributed by atoms with Gasteiger partial charge in [0.05, 0.1) is 12.1 Å². The fourth-order valence-corrected chi connectivity index (χ4v) is 3.07. The first kappa shape index (κ1) is 17.4. The van der Waals surface area contributed by atoms with E-state index >= 15 is 0 Å². The number of hydrogen-bond donors (Lipinski definition) is 2. The Hall–Kier alpha value is -2.40. The Bertz CT molecular complexity index is 741. The second-order valence-electron chi connectivity index (χ2n) is 6.40. The Morgan fingerprint density at radius 3 is 2.68 bits per heavy atom. The zero-order valence-electron chi connectivity index (χ0n) is 14.5. The van der Waals surface area contributed by atoms with Gasteiger partial charge in [-0.2, -0.15) is 0 Å². The highest BCUT2D eigenvalue weighted by Crippen LogP contribution is 2.21.